The largest absolute Gasteiger partial charge is 0.397 e. The first-order valence-electron chi connectivity index (χ1n) is 4.46. The molecule has 4 nitrogen and oxygen atoms in total. The highest BCUT2D eigenvalue weighted by molar-refractivity contribution is 7.91. The van der Waals surface area contributed by atoms with Gasteiger partial charge in [-0.05, 0) is 18.6 Å². The van der Waals surface area contributed by atoms with Gasteiger partial charge in [0.1, 0.15) is 0 Å². The molecule has 0 spiro atoms. The Labute approximate surface area is 83.0 Å². The molecule has 76 valence electrons. The Kier molecular flexibility index (Phi) is 2.11. The highest BCUT2D eigenvalue weighted by Crippen LogP contribution is 2.30. The minimum atomic E-state index is -3.14. The van der Waals surface area contributed by atoms with Crippen molar-refractivity contribution in [3.8, 4) is 0 Å². The van der Waals surface area contributed by atoms with Crippen molar-refractivity contribution >= 4 is 21.2 Å². The van der Waals surface area contributed by atoms with Crippen LogP contribution in [0, 0.1) is 0 Å². The molecule has 0 fully saturated rings. The summed E-state index contributed by atoms with van der Waals surface area (Å²) in [5.74, 6) is 0.191. The van der Waals surface area contributed by atoms with Gasteiger partial charge in [0.25, 0.3) is 0 Å². The lowest BCUT2D eigenvalue weighted by molar-refractivity contribution is 0.596. The molecule has 0 radical (unpaired) electrons. The predicted molar refractivity (Wildman–Crippen MR) is 56.0 cm³/mol. The highest BCUT2D eigenvalue weighted by atomic mass is 32.2. The molecule has 1 aliphatic rings. The van der Waals surface area contributed by atoms with E-state index >= 15 is 0 Å². The normalized spacial score (nSPS) is 19.1. The fourth-order valence-electron chi connectivity index (χ4n) is 1.58. The molecule has 14 heavy (non-hydrogen) atoms. The summed E-state index contributed by atoms with van der Waals surface area (Å²) in [7, 11) is -3.14. The van der Waals surface area contributed by atoms with Crippen LogP contribution in [0.25, 0.3) is 0 Å². The number of hydrogen-bond acceptors (Lipinski definition) is 4. The van der Waals surface area contributed by atoms with Crippen molar-refractivity contribution in [2.75, 3.05) is 23.3 Å². The van der Waals surface area contributed by atoms with Crippen LogP contribution in [0.1, 0.15) is 6.42 Å². The molecule has 0 atom stereocenters. The summed E-state index contributed by atoms with van der Waals surface area (Å²) >= 11 is 0. The first-order valence-corrected chi connectivity index (χ1v) is 6.11. The summed E-state index contributed by atoms with van der Waals surface area (Å²) < 4.78 is 23.5. The average molecular weight is 212 g/mol. The van der Waals surface area contributed by atoms with Crippen LogP contribution in [0.3, 0.4) is 0 Å². The molecule has 1 aromatic rings. The Bertz CT molecular complexity index is 454. The highest BCUT2D eigenvalue weighted by Gasteiger charge is 2.22. The van der Waals surface area contributed by atoms with Crippen LogP contribution in [0.5, 0.6) is 0 Å². The van der Waals surface area contributed by atoms with E-state index in [1.165, 1.54) is 0 Å². The number of para-hydroxylation sites is 1. The maximum Gasteiger partial charge on any atom is 0.180 e. The Morgan fingerprint density at radius 1 is 1.36 bits per heavy atom. The lowest BCUT2D eigenvalue weighted by atomic mass is 10.2. The van der Waals surface area contributed by atoms with Crippen molar-refractivity contribution in [3.05, 3.63) is 18.2 Å². The van der Waals surface area contributed by atoms with Crippen molar-refractivity contribution in [1.29, 1.82) is 0 Å². The van der Waals surface area contributed by atoms with Gasteiger partial charge in [0.2, 0.25) is 0 Å². The summed E-state index contributed by atoms with van der Waals surface area (Å²) in [5.41, 5.74) is 6.76. The van der Waals surface area contributed by atoms with Crippen LogP contribution in [-0.4, -0.2) is 20.7 Å². The van der Waals surface area contributed by atoms with Gasteiger partial charge in [-0.25, -0.2) is 8.42 Å². The van der Waals surface area contributed by atoms with E-state index in [-0.39, 0.29) is 5.75 Å². The third-order valence-corrected chi connectivity index (χ3v) is 4.12. The molecular weight excluding hydrogens is 200 g/mol. The number of hydrogen-bond donors (Lipinski definition) is 2. The minimum Gasteiger partial charge on any atom is -0.397 e. The number of anilines is 2. The van der Waals surface area contributed by atoms with E-state index in [4.69, 9.17) is 5.73 Å². The monoisotopic (exact) mass is 212 g/mol. The number of fused-ring (bicyclic) bond motifs is 1. The molecule has 0 aromatic heterocycles. The van der Waals surface area contributed by atoms with Crippen molar-refractivity contribution in [2.24, 2.45) is 0 Å². The van der Waals surface area contributed by atoms with E-state index in [1.807, 2.05) is 0 Å². The van der Waals surface area contributed by atoms with Crippen LogP contribution >= 0.6 is 0 Å². The summed E-state index contributed by atoms with van der Waals surface area (Å²) in [6.45, 7) is 0.653. The van der Waals surface area contributed by atoms with Gasteiger partial charge >= 0.3 is 0 Å². The summed E-state index contributed by atoms with van der Waals surface area (Å²) in [6.07, 6.45) is 0.621. The van der Waals surface area contributed by atoms with Gasteiger partial charge in [0.15, 0.2) is 9.84 Å². The molecular formula is C9H12N2O2S. The lowest BCUT2D eigenvalue weighted by Crippen LogP contribution is -2.05. The average Bonchev–Trinajstić information content (AvgIpc) is 2.27. The topological polar surface area (TPSA) is 72.2 Å². The molecule has 0 bridgehead atoms. The molecule has 0 amide bonds. The number of nitrogens with one attached hydrogen (secondary N) is 1. The zero-order valence-electron chi connectivity index (χ0n) is 7.66. The third-order valence-electron chi connectivity index (χ3n) is 2.29. The minimum absolute atomic E-state index is 0.191. The van der Waals surface area contributed by atoms with Gasteiger partial charge in [-0.15, -0.1) is 0 Å². The Morgan fingerprint density at radius 2 is 2.14 bits per heavy atom. The second kappa shape index (κ2) is 3.16. The first-order chi connectivity index (χ1) is 6.61. The first kappa shape index (κ1) is 9.33. The molecule has 2 rings (SSSR count). The quantitative estimate of drug-likeness (QED) is 0.626. The van der Waals surface area contributed by atoms with Crippen molar-refractivity contribution in [3.63, 3.8) is 0 Å². The van der Waals surface area contributed by atoms with Crippen LogP contribution < -0.4 is 11.1 Å². The Hall–Kier alpha value is -1.23. The zero-order valence-corrected chi connectivity index (χ0v) is 8.47. The fraction of sp³-hybridized carbons (Fsp3) is 0.333. The van der Waals surface area contributed by atoms with Gasteiger partial charge in [-0.1, -0.05) is 6.07 Å². The molecule has 0 saturated heterocycles. The Morgan fingerprint density at radius 3 is 2.93 bits per heavy atom. The molecule has 1 aromatic carbocycles. The van der Waals surface area contributed by atoms with Gasteiger partial charge in [-0.2, -0.15) is 0 Å². The van der Waals surface area contributed by atoms with Crippen LogP contribution in [-0.2, 0) is 9.84 Å². The van der Waals surface area contributed by atoms with Crippen molar-refractivity contribution < 1.29 is 8.42 Å². The summed E-state index contributed by atoms with van der Waals surface area (Å²) in [5, 5.41) is 3.04. The lowest BCUT2D eigenvalue weighted by Gasteiger charge is -2.09. The summed E-state index contributed by atoms with van der Waals surface area (Å²) in [4.78, 5) is 0.329. The number of nitrogens with two attached hydrogens (primary N) is 1. The fourth-order valence-corrected chi connectivity index (χ4v) is 3.11. The number of sulfone groups is 1. The van der Waals surface area contributed by atoms with E-state index in [0.29, 0.717) is 29.2 Å². The van der Waals surface area contributed by atoms with E-state index in [0.717, 1.165) is 0 Å². The maximum absolute atomic E-state index is 11.7. The van der Waals surface area contributed by atoms with Gasteiger partial charge in [0, 0.05) is 6.54 Å². The summed E-state index contributed by atoms with van der Waals surface area (Å²) in [6, 6.07) is 4.96. The van der Waals surface area contributed by atoms with Crippen molar-refractivity contribution in [1.82, 2.24) is 0 Å². The molecule has 0 saturated carbocycles. The number of benzene rings is 1. The molecule has 1 heterocycles. The second-order valence-electron chi connectivity index (χ2n) is 3.32. The van der Waals surface area contributed by atoms with Gasteiger partial charge in [0.05, 0.1) is 22.0 Å². The van der Waals surface area contributed by atoms with Crippen LogP contribution in [0.2, 0.25) is 0 Å². The molecule has 0 aliphatic carbocycles. The van der Waals surface area contributed by atoms with E-state index in [9.17, 15) is 8.42 Å². The number of nitrogen functional groups attached to an aromatic ring is 1. The molecule has 5 heteroatoms. The van der Waals surface area contributed by atoms with E-state index in [2.05, 4.69) is 5.32 Å². The van der Waals surface area contributed by atoms with Gasteiger partial charge in [-0.3, -0.25) is 0 Å². The van der Waals surface area contributed by atoms with E-state index in [1.54, 1.807) is 18.2 Å². The molecule has 3 N–H and O–H groups in total. The third kappa shape index (κ3) is 1.43. The Balaban J connectivity index is 2.68. The number of rotatable bonds is 0. The second-order valence-corrected chi connectivity index (χ2v) is 5.40. The maximum atomic E-state index is 11.7. The smallest absolute Gasteiger partial charge is 0.180 e. The zero-order chi connectivity index (χ0) is 10.2. The van der Waals surface area contributed by atoms with E-state index < -0.39 is 9.84 Å². The SMILES string of the molecule is Nc1cccc2c1NCCCS2(=O)=O. The van der Waals surface area contributed by atoms with Crippen LogP contribution in [0.4, 0.5) is 11.4 Å². The standard InChI is InChI=1S/C9H12N2O2S/c10-7-3-1-4-8-9(7)11-5-2-6-14(8,12)13/h1,3-4,11H,2,5-6,10H2. The molecule has 1 aliphatic heterocycles. The predicted octanol–water partition coefficient (Wildman–Crippen LogP) is 0.858. The van der Waals surface area contributed by atoms with Crippen molar-refractivity contribution in [2.45, 2.75) is 11.3 Å². The van der Waals surface area contributed by atoms with Crippen LogP contribution in [0.15, 0.2) is 23.1 Å². The van der Waals surface area contributed by atoms with Gasteiger partial charge < -0.3 is 11.1 Å². The molecule has 0 unspecified atom stereocenters.